The molecule has 74 valence electrons. The molecule has 1 heterocycles. The molecule has 0 aliphatic heterocycles. The maximum atomic E-state index is 11.7. The van der Waals surface area contributed by atoms with Crippen LogP contribution in [0.5, 0.6) is 0 Å². The van der Waals surface area contributed by atoms with Gasteiger partial charge in [0.2, 0.25) is 5.91 Å². The van der Waals surface area contributed by atoms with Crippen LogP contribution >= 0.6 is 11.3 Å². The van der Waals surface area contributed by atoms with E-state index in [4.69, 9.17) is 6.42 Å². The van der Waals surface area contributed by atoms with Crippen LogP contribution in [-0.2, 0) is 11.2 Å². The molecule has 1 aromatic rings. The molecule has 0 fully saturated rings. The molecule has 3 heteroatoms. The third-order valence-corrected chi connectivity index (χ3v) is 2.68. The first-order valence-corrected chi connectivity index (χ1v) is 5.44. The van der Waals surface area contributed by atoms with Crippen molar-refractivity contribution in [2.75, 3.05) is 13.1 Å². The zero-order valence-electron chi connectivity index (χ0n) is 8.19. The molecule has 0 spiro atoms. The maximum Gasteiger partial charge on any atom is 0.227 e. The molecule has 0 N–H and O–H groups in total. The topological polar surface area (TPSA) is 20.3 Å². The first-order valence-electron chi connectivity index (χ1n) is 4.50. The van der Waals surface area contributed by atoms with E-state index in [2.05, 4.69) is 5.92 Å². The maximum absolute atomic E-state index is 11.7. The minimum Gasteiger partial charge on any atom is -0.332 e. The number of amides is 1. The highest BCUT2D eigenvalue weighted by molar-refractivity contribution is 7.07. The Morgan fingerprint density at radius 2 is 2.50 bits per heavy atom. The van der Waals surface area contributed by atoms with Crippen LogP contribution in [0.2, 0.25) is 0 Å². The van der Waals surface area contributed by atoms with E-state index in [0.29, 0.717) is 19.5 Å². The third kappa shape index (κ3) is 2.90. The summed E-state index contributed by atoms with van der Waals surface area (Å²) in [6.45, 7) is 3.01. The smallest absolute Gasteiger partial charge is 0.227 e. The summed E-state index contributed by atoms with van der Waals surface area (Å²) in [5.74, 6) is 2.59. The van der Waals surface area contributed by atoms with E-state index < -0.39 is 0 Å². The summed E-state index contributed by atoms with van der Waals surface area (Å²) in [6.07, 6.45) is 5.63. The molecule has 1 rings (SSSR count). The molecule has 0 saturated heterocycles. The number of nitrogens with zero attached hydrogens (tertiary/aromatic N) is 1. The Balaban J connectivity index is 2.52. The SMILES string of the molecule is C#CCN(CC)C(=O)Cc1ccsc1. The Morgan fingerprint density at radius 1 is 1.71 bits per heavy atom. The third-order valence-electron chi connectivity index (χ3n) is 1.95. The number of carbonyl (C=O) groups is 1. The van der Waals surface area contributed by atoms with Crippen LogP contribution in [0.4, 0.5) is 0 Å². The minimum atomic E-state index is 0.101. The summed E-state index contributed by atoms with van der Waals surface area (Å²) in [6, 6.07) is 1.96. The predicted molar refractivity (Wildman–Crippen MR) is 59.1 cm³/mol. The molecular formula is C11H13NOS. The molecule has 14 heavy (non-hydrogen) atoms. The normalized spacial score (nSPS) is 9.43. The van der Waals surface area contributed by atoms with Crippen molar-refractivity contribution in [3.05, 3.63) is 22.4 Å². The quantitative estimate of drug-likeness (QED) is 0.689. The highest BCUT2D eigenvalue weighted by atomic mass is 32.1. The first-order chi connectivity index (χ1) is 6.77. The van der Waals surface area contributed by atoms with Crippen molar-refractivity contribution >= 4 is 17.2 Å². The second kappa shape index (κ2) is 5.46. The van der Waals surface area contributed by atoms with Gasteiger partial charge in [0.25, 0.3) is 0 Å². The van der Waals surface area contributed by atoms with E-state index in [1.165, 1.54) is 0 Å². The summed E-state index contributed by atoms with van der Waals surface area (Å²) in [5, 5.41) is 3.96. The summed E-state index contributed by atoms with van der Waals surface area (Å²) in [4.78, 5) is 13.3. The lowest BCUT2D eigenvalue weighted by Gasteiger charge is -2.17. The number of thiophene rings is 1. The van der Waals surface area contributed by atoms with Gasteiger partial charge in [-0.15, -0.1) is 6.42 Å². The molecule has 0 bridgehead atoms. The number of rotatable bonds is 4. The van der Waals surface area contributed by atoms with Crippen molar-refractivity contribution < 1.29 is 4.79 Å². The van der Waals surface area contributed by atoms with Gasteiger partial charge in [-0.3, -0.25) is 4.79 Å². The van der Waals surface area contributed by atoms with Gasteiger partial charge in [-0.2, -0.15) is 11.3 Å². The number of carbonyl (C=O) groups excluding carboxylic acids is 1. The molecule has 1 aromatic heterocycles. The van der Waals surface area contributed by atoms with Gasteiger partial charge < -0.3 is 4.90 Å². The molecule has 2 nitrogen and oxygen atoms in total. The van der Waals surface area contributed by atoms with Crippen LogP contribution in [0.15, 0.2) is 16.8 Å². The Morgan fingerprint density at radius 3 is 3.00 bits per heavy atom. The van der Waals surface area contributed by atoms with Gasteiger partial charge in [0, 0.05) is 6.54 Å². The Bertz CT molecular complexity index is 324. The second-order valence-electron chi connectivity index (χ2n) is 2.92. The molecule has 0 radical (unpaired) electrons. The van der Waals surface area contributed by atoms with Crippen molar-refractivity contribution in [1.29, 1.82) is 0 Å². The van der Waals surface area contributed by atoms with Crippen molar-refractivity contribution in [3.8, 4) is 12.3 Å². The van der Waals surface area contributed by atoms with E-state index in [9.17, 15) is 4.79 Å². The summed E-state index contributed by atoms with van der Waals surface area (Å²) in [7, 11) is 0. The summed E-state index contributed by atoms with van der Waals surface area (Å²) >= 11 is 1.60. The monoisotopic (exact) mass is 207 g/mol. The summed E-state index contributed by atoms with van der Waals surface area (Å²) in [5.41, 5.74) is 1.07. The van der Waals surface area contributed by atoms with Crippen molar-refractivity contribution in [2.45, 2.75) is 13.3 Å². The fourth-order valence-electron chi connectivity index (χ4n) is 1.17. The van der Waals surface area contributed by atoms with Gasteiger partial charge in [-0.25, -0.2) is 0 Å². The van der Waals surface area contributed by atoms with Gasteiger partial charge >= 0.3 is 0 Å². The van der Waals surface area contributed by atoms with E-state index in [0.717, 1.165) is 5.56 Å². The first kappa shape index (κ1) is 10.8. The van der Waals surface area contributed by atoms with Crippen molar-refractivity contribution in [2.24, 2.45) is 0 Å². The van der Waals surface area contributed by atoms with Crippen LogP contribution < -0.4 is 0 Å². The zero-order chi connectivity index (χ0) is 10.4. The van der Waals surface area contributed by atoms with Crippen LogP contribution in [0, 0.1) is 12.3 Å². The lowest BCUT2D eigenvalue weighted by atomic mass is 10.2. The molecule has 0 aliphatic rings. The molecule has 1 amide bonds. The second-order valence-corrected chi connectivity index (χ2v) is 3.70. The predicted octanol–water partition coefficient (Wildman–Crippen LogP) is 1.77. The van der Waals surface area contributed by atoms with Gasteiger partial charge in [-0.05, 0) is 29.3 Å². The van der Waals surface area contributed by atoms with E-state index >= 15 is 0 Å². The summed E-state index contributed by atoms with van der Waals surface area (Å²) < 4.78 is 0. The number of hydrogen-bond acceptors (Lipinski definition) is 2. The number of terminal acetylenes is 1. The largest absolute Gasteiger partial charge is 0.332 e. The Labute approximate surface area is 88.5 Å². The zero-order valence-corrected chi connectivity index (χ0v) is 9.01. The Hall–Kier alpha value is -1.27. The minimum absolute atomic E-state index is 0.101. The number of hydrogen-bond donors (Lipinski definition) is 0. The van der Waals surface area contributed by atoms with E-state index in [1.54, 1.807) is 16.2 Å². The van der Waals surface area contributed by atoms with Crippen LogP contribution in [0.25, 0.3) is 0 Å². The number of likely N-dealkylation sites (N-methyl/N-ethyl adjacent to an activating group) is 1. The van der Waals surface area contributed by atoms with Crippen LogP contribution in [0.3, 0.4) is 0 Å². The van der Waals surface area contributed by atoms with E-state index in [-0.39, 0.29) is 5.91 Å². The molecule has 0 saturated carbocycles. The highest BCUT2D eigenvalue weighted by Crippen LogP contribution is 2.08. The molecule has 0 unspecified atom stereocenters. The highest BCUT2D eigenvalue weighted by Gasteiger charge is 2.10. The standard InChI is InChI=1S/C11H13NOS/c1-3-6-12(4-2)11(13)8-10-5-7-14-9-10/h1,5,7,9H,4,6,8H2,2H3. The lowest BCUT2D eigenvalue weighted by molar-refractivity contribution is -0.129. The van der Waals surface area contributed by atoms with Crippen molar-refractivity contribution in [1.82, 2.24) is 4.90 Å². The molecule has 0 aromatic carbocycles. The average Bonchev–Trinajstić information content (AvgIpc) is 2.66. The molecule has 0 aliphatic carbocycles. The van der Waals surface area contributed by atoms with Gasteiger partial charge in [0.15, 0.2) is 0 Å². The fraction of sp³-hybridized carbons (Fsp3) is 0.364. The average molecular weight is 207 g/mol. The van der Waals surface area contributed by atoms with Gasteiger partial charge in [0.05, 0.1) is 13.0 Å². The Kier molecular flexibility index (Phi) is 4.21. The van der Waals surface area contributed by atoms with Crippen molar-refractivity contribution in [3.63, 3.8) is 0 Å². The van der Waals surface area contributed by atoms with Gasteiger partial charge in [-0.1, -0.05) is 5.92 Å². The van der Waals surface area contributed by atoms with Gasteiger partial charge in [0.1, 0.15) is 0 Å². The van der Waals surface area contributed by atoms with E-state index in [1.807, 2.05) is 23.8 Å². The van der Waals surface area contributed by atoms with Crippen LogP contribution in [0.1, 0.15) is 12.5 Å². The van der Waals surface area contributed by atoms with Crippen LogP contribution in [-0.4, -0.2) is 23.9 Å². The lowest BCUT2D eigenvalue weighted by Crippen LogP contribution is -2.32. The fourth-order valence-corrected chi connectivity index (χ4v) is 1.83. The molecule has 0 atom stereocenters. The molecular weight excluding hydrogens is 194 g/mol.